The molecule has 1 saturated heterocycles. The maximum atomic E-state index is 13.0. The predicted octanol–water partition coefficient (Wildman–Crippen LogP) is 4.05. The van der Waals surface area contributed by atoms with Crippen LogP contribution in [-0.4, -0.2) is 44.0 Å². The number of rotatable bonds is 6. The molecule has 1 aliphatic rings. The van der Waals surface area contributed by atoms with E-state index in [4.69, 9.17) is 9.47 Å². The Morgan fingerprint density at radius 3 is 2.42 bits per heavy atom. The minimum absolute atomic E-state index is 0.00758. The van der Waals surface area contributed by atoms with Crippen molar-refractivity contribution in [3.05, 3.63) is 58.7 Å². The van der Waals surface area contributed by atoms with Crippen LogP contribution in [0.5, 0.6) is 11.5 Å². The van der Waals surface area contributed by atoms with E-state index in [0.717, 1.165) is 29.5 Å². The summed E-state index contributed by atoms with van der Waals surface area (Å²) in [6, 6.07) is 11.2. The van der Waals surface area contributed by atoms with Gasteiger partial charge in [-0.3, -0.25) is 9.59 Å². The highest BCUT2D eigenvalue weighted by atomic mass is 16.5. The van der Waals surface area contributed by atoms with Gasteiger partial charge in [0.25, 0.3) is 5.91 Å². The number of methoxy groups -OCH3 is 2. The molecule has 3 rings (SSSR count). The topological polar surface area (TPSA) is 67.9 Å². The second kappa shape index (κ2) is 9.86. The van der Waals surface area contributed by atoms with E-state index in [-0.39, 0.29) is 23.8 Å². The van der Waals surface area contributed by atoms with E-state index in [1.165, 1.54) is 0 Å². The summed E-state index contributed by atoms with van der Waals surface area (Å²) in [5.74, 6) is 1.12. The Bertz CT molecular complexity index is 936. The van der Waals surface area contributed by atoms with Crippen molar-refractivity contribution < 1.29 is 19.1 Å². The average Bonchev–Trinajstić information content (AvgIpc) is 2.77. The number of aryl methyl sites for hydroxylation is 2. The van der Waals surface area contributed by atoms with Gasteiger partial charge in [-0.05, 0) is 63.9 Å². The first-order valence-electron chi connectivity index (χ1n) is 10.7. The molecule has 2 aromatic carbocycles. The van der Waals surface area contributed by atoms with Crippen LogP contribution in [0.4, 0.5) is 0 Å². The van der Waals surface area contributed by atoms with Crippen LogP contribution >= 0.6 is 0 Å². The lowest BCUT2D eigenvalue weighted by molar-refractivity contribution is -0.127. The SMILES string of the molecule is COc1ccc(OC)c(C(C)NC(=O)C2CCCN(C(=O)c3cc(C)cc(C)c3)C2)c1. The van der Waals surface area contributed by atoms with Gasteiger partial charge in [0.2, 0.25) is 5.91 Å². The van der Waals surface area contributed by atoms with Crippen LogP contribution < -0.4 is 14.8 Å². The Kier molecular flexibility index (Phi) is 7.21. The van der Waals surface area contributed by atoms with E-state index in [1.807, 2.05) is 51.1 Å². The normalized spacial score (nSPS) is 17.1. The summed E-state index contributed by atoms with van der Waals surface area (Å²) in [6.45, 7) is 7.01. The van der Waals surface area contributed by atoms with E-state index in [2.05, 4.69) is 11.4 Å². The molecule has 0 saturated carbocycles. The predicted molar refractivity (Wildman–Crippen MR) is 121 cm³/mol. The lowest BCUT2D eigenvalue weighted by atomic mass is 9.95. The highest BCUT2D eigenvalue weighted by Crippen LogP contribution is 2.30. The number of nitrogens with one attached hydrogen (secondary N) is 1. The van der Waals surface area contributed by atoms with Gasteiger partial charge in [0.15, 0.2) is 0 Å². The van der Waals surface area contributed by atoms with Gasteiger partial charge in [0.1, 0.15) is 11.5 Å². The van der Waals surface area contributed by atoms with E-state index in [0.29, 0.717) is 30.2 Å². The number of amides is 2. The highest BCUT2D eigenvalue weighted by Gasteiger charge is 2.30. The van der Waals surface area contributed by atoms with Crippen LogP contribution in [0.3, 0.4) is 0 Å². The fraction of sp³-hybridized carbons (Fsp3) is 0.440. The molecule has 31 heavy (non-hydrogen) atoms. The van der Waals surface area contributed by atoms with Gasteiger partial charge in [-0.1, -0.05) is 17.2 Å². The fourth-order valence-corrected chi connectivity index (χ4v) is 4.24. The monoisotopic (exact) mass is 424 g/mol. The summed E-state index contributed by atoms with van der Waals surface area (Å²) in [7, 11) is 3.22. The van der Waals surface area contributed by atoms with Crippen molar-refractivity contribution >= 4 is 11.8 Å². The Balaban J connectivity index is 1.69. The standard InChI is InChI=1S/C25H32N2O4/c1-16-11-17(2)13-20(12-16)25(29)27-10-6-7-19(15-27)24(28)26-18(3)22-14-21(30-4)8-9-23(22)31-5/h8-9,11-14,18-19H,6-7,10,15H2,1-5H3,(H,26,28). The van der Waals surface area contributed by atoms with Crippen molar-refractivity contribution in [2.75, 3.05) is 27.3 Å². The number of nitrogens with zero attached hydrogens (tertiary/aromatic N) is 1. The first-order chi connectivity index (χ1) is 14.8. The van der Waals surface area contributed by atoms with Gasteiger partial charge in [0, 0.05) is 24.2 Å². The largest absolute Gasteiger partial charge is 0.497 e. The fourth-order valence-electron chi connectivity index (χ4n) is 4.24. The van der Waals surface area contributed by atoms with Crippen molar-refractivity contribution in [1.82, 2.24) is 10.2 Å². The molecule has 2 atom stereocenters. The van der Waals surface area contributed by atoms with Gasteiger partial charge in [-0.15, -0.1) is 0 Å². The van der Waals surface area contributed by atoms with Crippen molar-refractivity contribution in [3.8, 4) is 11.5 Å². The summed E-state index contributed by atoms with van der Waals surface area (Å²) >= 11 is 0. The number of benzene rings is 2. The van der Waals surface area contributed by atoms with Crippen molar-refractivity contribution in [2.45, 2.75) is 39.7 Å². The lowest BCUT2D eigenvalue weighted by Crippen LogP contribution is -2.45. The molecule has 0 radical (unpaired) electrons. The number of hydrogen-bond acceptors (Lipinski definition) is 4. The zero-order valence-electron chi connectivity index (χ0n) is 19.0. The number of hydrogen-bond donors (Lipinski definition) is 1. The smallest absolute Gasteiger partial charge is 0.253 e. The molecule has 1 fully saturated rings. The van der Waals surface area contributed by atoms with Crippen LogP contribution in [0.2, 0.25) is 0 Å². The number of ether oxygens (including phenoxy) is 2. The molecule has 1 aliphatic heterocycles. The molecule has 2 amide bonds. The number of carbonyl (C=O) groups is 2. The molecule has 0 aliphatic carbocycles. The third kappa shape index (κ3) is 5.37. The summed E-state index contributed by atoms with van der Waals surface area (Å²) in [5, 5.41) is 3.10. The molecule has 1 N–H and O–H groups in total. The average molecular weight is 425 g/mol. The van der Waals surface area contributed by atoms with E-state index >= 15 is 0 Å². The van der Waals surface area contributed by atoms with Crippen molar-refractivity contribution in [3.63, 3.8) is 0 Å². The van der Waals surface area contributed by atoms with Gasteiger partial charge in [0.05, 0.1) is 26.2 Å². The molecule has 6 heteroatoms. The minimum Gasteiger partial charge on any atom is -0.497 e. The lowest BCUT2D eigenvalue weighted by Gasteiger charge is -2.33. The molecule has 6 nitrogen and oxygen atoms in total. The molecule has 166 valence electrons. The minimum atomic E-state index is -0.247. The molecule has 1 heterocycles. The van der Waals surface area contributed by atoms with Gasteiger partial charge < -0.3 is 19.7 Å². The highest BCUT2D eigenvalue weighted by molar-refractivity contribution is 5.95. The number of piperidine rings is 1. The maximum absolute atomic E-state index is 13.0. The van der Waals surface area contributed by atoms with Crippen LogP contribution in [0, 0.1) is 19.8 Å². The second-order valence-electron chi connectivity index (χ2n) is 8.30. The molecular weight excluding hydrogens is 392 g/mol. The molecule has 0 bridgehead atoms. The molecule has 2 aromatic rings. The van der Waals surface area contributed by atoms with Crippen LogP contribution in [0.25, 0.3) is 0 Å². The maximum Gasteiger partial charge on any atom is 0.253 e. The second-order valence-corrected chi connectivity index (χ2v) is 8.30. The van der Waals surface area contributed by atoms with Crippen molar-refractivity contribution in [2.24, 2.45) is 5.92 Å². The van der Waals surface area contributed by atoms with Gasteiger partial charge in [-0.25, -0.2) is 0 Å². The zero-order valence-corrected chi connectivity index (χ0v) is 19.0. The Labute approximate surface area is 184 Å². The Hall–Kier alpha value is -3.02. The van der Waals surface area contributed by atoms with Crippen molar-refractivity contribution in [1.29, 1.82) is 0 Å². The summed E-state index contributed by atoms with van der Waals surface area (Å²) in [4.78, 5) is 27.9. The van der Waals surface area contributed by atoms with Gasteiger partial charge >= 0.3 is 0 Å². The summed E-state index contributed by atoms with van der Waals surface area (Å²) in [6.07, 6.45) is 1.58. The third-order valence-electron chi connectivity index (χ3n) is 5.81. The first-order valence-corrected chi connectivity index (χ1v) is 10.7. The third-order valence-corrected chi connectivity index (χ3v) is 5.81. The molecular formula is C25H32N2O4. The van der Waals surface area contributed by atoms with Gasteiger partial charge in [-0.2, -0.15) is 0 Å². The Morgan fingerprint density at radius 2 is 1.77 bits per heavy atom. The zero-order chi connectivity index (χ0) is 22.5. The van der Waals surface area contributed by atoms with E-state index < -0.39 is 0 Å². The van der Waals surface area contributed by atoms with Crippen LogP contribution in [0.15, 0.2) is 36.4 Å². The van der Waals surface area contributed by atoms with E-state index in [9.17, 15) is 9.59 Å². The molecule has 0 aromatic heterocycles. The van der Waals surface area contributed by atoms with Crippen LogP contribution in [-0.2, 0) is 4.79 Å². The summed E-state index contributed by atoms with van der Waals surface area (Å²) < 4.78 is 10.8. The quantitative estimate of drug-likeness (QED) is 0.760. The number of carbonyl (C=O) groups excluding carboxylic acids is 2. The first kappa shape index (κ1) is 22.7. The number of likely N-dealkylation sites (tertiary alicyclic amines) is 1. The molecule has 0 spiro atoms. The van der Waals surface area contributed by atoms with E-state index in [1.54, 1.807) is 19.1 Å². The summed E-state index contributed by atoms with van der Waals surface area (Å²) in [5.41, 5.74) is 3.67. The van der Waals surface area contributed by atoms with Crippen LogP contribution in [0.1, 0.15) is 52.9 Å². The molecule has 2 unspecified atom stereocenters. The Morgan fingerprint density at radius 1 is 1.06 bits per heavy atom.